The monoisotopic (exact) mass is 239 g/mol. The molecule has 4 heteroatoms. The first-order valence-electron chi connectivity index (χ1n) is 6.11. The molecule has 2 rings (SSSR count). The van der Waals surface area contributed by atoms with E-state index in [0.717, 1.165) is 19.0 Å². The van der Waals surface area contributed by atoms with Crippen molar-refractivity contribution < 1.29 is 0 Å². The summed E-state index contributed by atoms with van der Waals surface area (Å²) in [5, 5.41) is 0. The van der Waals surface area contributed by atoms with Gasteiger partial charge in [-0.15, -0.1) is 11.3 Å². The molecule has 1 saturated heterocycles. The van der Waals surface area contributed by atoms with Gasteiger partial charge in [0.2, 0.25) is 0 Å². The van der Waals surface area contributed by atoms with Gasteiger partial charge in [-0.25, -0.2) is 4.98 Å². The quantitative estimate of drug-likeness (QED) is 0.874. The number of aromatic nitrogens is 1. The minimum absolute atomic E-state index is 0.812. The summed E-state index contributed by atoms with van der Waals surface area (Å²) in [6, 6.07) is 0. The maximum atomic E-state index is 5.64. The summed E-state index contributed by atoms with van der Waals surface area (Å²) in [5.41, 5.74) is 8.79. The lowest BCUT2D eigenvalue weighted by Gasteiger charge is -2.32. The Kier molecular flexibility index (Phi) is 4.32. The lowest BCUT2D eigenvalue weighted by atomic mass is 9.95. The number of rotatable bonds is 4. The molecule has 1 aromatic rings. The summed E-state index contributed by atoms with van der Waals surface area (Å²) >= 11 is 1.78. The van der Waals surface area contributed by atoms with Gasteiger partial charge in [-0.1, -0.05) is 0 Å². The topological polar surface area (TPSA) is 42.2 Å². The number of nitrogens with zero attached hydrogens (tertiary/aromatic N) is 2. The number of likely N-dealkylation sites (tertiary alicyclic amines) is 1. The van der Waals surface area contributed by atoms with E-state index < -0.39 is 0 Å². The highest BCUT2D eigenvalue weighted by Crippen LogP contribution is 2.22. The molecule has 1 fully saturated rings. The second kappa shape index (κ2) is 5.75. The molecule has 3 nitrogen and oxygen atoms in total. The molecule has 1 atom stereocenters. The average Bonchev–Trinajstić information content (AvgIpc) is 2.66. The molecule has 1 aromatic heterocycles. The smallest absolute Gasteiger partial charge is 0.0798 e. The highest BCUT2D eigenvalue weighted by Gasteiger charge is 2.20. The van der Waals surface area contributed by atoms with Gasteiger partial charge in [-0.05, 0) is 45.2 Å². The molecule has 1 aliphatic heterocycles. The summed E-state index contributed by atoms with van der Waals surface area (Å²) in [7, 11) is 0. The predicted octanol–water partition coefficient (Wildman–Crippen LogP) is 2.01. The minimum atomic E-state index is 0.812. The number of piperidine rings is 1. The Bertz CT molecular complexity index is 322. The first kappa shape index (κ1) is 12.0. The maximum absolute atomic E-state index is 5.64. The fraction of sp³-hybridized carbons (Fsp3) is 0.750. The Morgan fingerprint density at radius 3 is 3.19 bits per heavy atom. The molecule has 0 bridgehead atoms. The molecule has 0 radical (unpaired) electrons. The van der Waals surface area contributed by atoms with E-state index in [1.54, 1.807) is 11.3 Å². The molecule has 2 heterocycles. The number of hydrogen-bond acceptors (Lipinski definition) is 4. The Balaban J connectivity index is 1.88. The second-order valence-electron chi connectivity index (χ2n) is 4.68. The minimum Gasteiger partial charge on any atom is -0.330 e. The second-order valence-corrected chi connectivity index (χ2v) is 5.62. The van der Waals surface area contributed by atoms with Gasteiger partial charge in [0, 0.05) is 18.0 Å². The van der Waals surface area contributed by atoms with Crippen LogP contribution in [0.2, 0.25) is 0 Å². The van der Waals surface area contributed by atoms with Crippen molar-refractivity contribution in [1.82, 2.24) is 9.88 Å². The van der Waals surface area contributed by atoms with Gasteiger partial charge >= 0.3 is 0 Å². The van der Waals surface area contributed by atoms with Crippen molar-refractivity contribution in [2.45, 2.75) is 32.7 Å². The van der Waals surface area contributed by atoms with Crippen molar-refractivity contribution in [2.75, 3.05) is 19.6 Å². The number of nitrogens with two attached hydrogens (primary N) is 1. The van der Waals surface area contributed by atoms with Crippen molar-refractivity contribution in [3.63, 3.8) is 0 Å². The number of hydrogen-bond donors (Lipinski definition) is 1. The molecule has 0 spiro atoms. The van der Waals surface area contributed by atoms with Crippen LogP contribution < -0.4 is 5.73 Å². The van der Waals surface area contributed by atoms with Crippen LogP contribution in [0.5, 0.6) is 0 Å². The third-order valence-electron chi connectivity index (χ3n) is 3.39. The summed E-state index contributed by atoms with van der Waals surface area (Å²) in [5.74, 6) is 0.812. The van der Waals surface area contributed by atoms with Crippen LogP contribution in [0.15, 0.2) is 5.51 Å². The van der Waals surface area contributed by atoms with Crippen LogP contribution in [0.1, 0.15) is 29.8 Å². The van der Waals surface area contributed by atoms with E-state index in [2.05, 4.69) is 16.8 Å². The zero-order chi connectivity index (χ0) is 11.4. The van der Waals surface area contributed by atoms with Gasteiger partial charge in [0.1, 0.15) is 0 Å². The molecular weight excluding hydrogens is 218 g/mol. The van der Waals surface area contributed by atoms with Gasteiger partial charge < -0.3 is 5.73 Å². The largest absolute Gasteiger partial charge is 0.330 e. The van der Waals surface area contributed by atoms with Gasteiger partial charge in [-0.3, -0.25) is 4.90 Å². The van der Waals surface area contributed by atoms with Crippen LogP contribution in [0.25, 0.3) is 0 Å². The molecule has 0 aliphatic carbocycles. The Morgan fingerprint density at radius 2 is 2.50 bits per heavy atom. The molecule has 0 amide bonds. The predicted molar refractivity (Wildman–Crippen MR) is 68.5 cm³/mol. The summed E-state index contributed by atoms with van der Waals surface area (Å²) in [6.07, 6.45) is 3.86. The zero-order valence-corrected chi connectivity index (χ0v) is 10.8. The van der Waals surface area contributed by atoms with Crippen molar-refractivity contribution >= 4 is 11.3 Å². The van der Waals surface area contributed by atoms with Gasteiger partial charge in [0.15, 0.2) is 0 Å². The Hall–Kier alpha value is -0.450. The molecule has 0 saturated carbocycles. The van der Waals surface area contributed by atoms with Gasteiger partial charge in [0.25, 0.3) is 0 Å². The van der Waals surface area contributed by atoms with E-state index in [4.69, 9.17) is 5.73 Å². The summed E-state index contributed by atoms with van der Waals surface area (Å²) in [4.78, 5) is 8.29. The lowest BCUT2D eigenvalue weighted by Crippen LogP contribution is -2.35. The fourth-order valence-electron chi connectivity index (χ4n) is 2.45. The van der Waals surface area contributed by atoms with Crippen LogP contribution in [0, 0.1) is 12.8 Å². The van der Waals surface area contributed by atoms with Gasteiger partial charge in [0.05, 0.1) is 11.2 Å². The molecule has 1 aliphatic rings. The average molecular weight is 239 g/mol. The van der Waals surface area contributed by atoms with Crippen LogP contribution in [-0.4, -0.2) is 29.5 Å². The van der Waals surface area contributed by atoms with Crippen LogP contribution >= 0.6 is 11.3 Å². The third-order valence-corrected chi connectivity index (χ3v) is 4.31. The fourth-order valence-corrected chi connectivity index (χ4v) is 3.27. The SMILES string of the molecule is Cc1ncsc1CN1CCCC(CCN)C1. The van der Waals surface area contributed by atoms with E-state index in [9.17, 15) is 0 Å². The van der Waals surface area contributed by atoms with E-state index >= 15 is 0 Å². The zero-order valence-electron chi connectivity index (χ0n) is 9.98. The van der Waals surface area contributed by atoms with Crippen molar-refractivity contribution in [1.29, 1.82) is 0 Å². The first-order chi connectivity index (χ1) is 7.79. The number of thiazole rings is 1. The molecular formula is C12H21N3S. The molecule has 0 aromatic carbocycles. The van der Waals surface area contributed by atoms with E-state index in [1.165, 1.54) is 42.9 Å². The number of aryl methyl sites for hydroxylation is 1. The summed E-state index contributed by atoms with van der Waals surface area (Å²) in [6.45, 7) is 6.47. The highest BCUT2D eigenvalue weighted by atomic mass is 32.1. The van der Waals surface area contributed by atoms with Gasteiger partial charge in [-0.2, -0.15) is 0 Å². The summed E-state index contributed by atoms with van der Waals surface area (Å²) < 4.78 is 0. The highest BCUT2D eigenvalue weighted by molar-refractivity contribution is 7.09. The van der Waals surface area contributed by atoms with Crippen molar-refractivity contribution in [2.24, 2.45) is 11.7 Å². The standard InChI is InChI=1S/C12H21N3S/c1-10-12(16-9-14-10)8-15-6-2-3-11(7-15)4-5-13/h9,11H,2-8,13H2,1H3. The molecule has 2 N–H and O–H groups in total. The lowest BCUT2D eigenvalue weighted by molar-refractivity contribution is 0.164. The normalized spacial score (nSPS) is 22.5. The van der Waals surface area contributed by atoms with Crippen LogP contribution in [0.4, 0.5) is 0 Å². The maximum Gasteiger partial charge on any atom is 0.0798 e. The van der Waals surface area contributed by atoms with E-state index in [1.807, 2.05) is 5.51 Å². The van der Waals surface area contributed by atoms with Crippen LogP contribution in [0.3, 0.4) is 0 Å². The van der Waals surface area contributed by atoms with Crippen LogP contribution in [-0.2, 0) is 6.54 Å². The molecule has 1 unspecified atom stereocenters. The van der Waals surface area contributed by atoms with Crippen molar-refractivity contribution in [3.8, 4) is 0 Å². The Labute approximate surface area is 102 Å². The molecule has 16 heavy (non-hydrogen) atoms. The van der Waals surface area contributed by atoms with Crippen molar-refractivity contribution in [3.05, 3.63) is 16.1 Å². The first-order valence-corrected chi connectivity index (χ1v) is 6.99. The molecule has 90 valence electrons. The third kappa shape index (κ3) is 3.03. The van der Waals surface area contributed by atoms with E-state index in [-0.39, 0.29) is 0 Å². The van der Waals surface area contributed by atoms with E-state index in [0.29, 0.717) is 0 Å². The Morgan fingerprint density at radius 1 is 1.62 bits per heavy atom.